The van der Waals surface area contributed by atoms with Crippen LogP contribution in [0.2, 0.25) is 0 Å². The van der Waals surface area contributed by atoms with Gasteiger partial charge in [0.2, 0.25) is 0 Å². The normalized spacial score (nSPS) is 12.4. The lowest BCUT2D eigenvalue weighted by atomic mass is 10.00. The molecule has 0 unspecified atom stereocenters. The Bertz CT molecular complexity index is 164. The molecule has 0 aromatic rings. The lowest BCUT2D eigenvalue weighted by molar-refractivity contribution is 0.242. The quantitative estimate of drug-likeness (QED) is 0.603. The van der Waals surface area contributed by atoms with E-state index in [1.807, 2.05) is 0 Å². The minimum atomic E-state index is -3.32. The topological polar surface area (TPSA) is 26.3 Å². The van der Waals surface area contributed by atoms with Crippen molar-refractivity contribution in [1.29, 1.82) is 0 Å². The predicted molar refractivity (Wildman–Crippen MR) is 58.6 cm³/mol. The van der Waals surface area contributed by atoms with Gasteiger partial charge >= 0.3 is 6.07 Å². The van der Waals surface area contributed by atoms with Gasteiger partial charge in [-0.05, 0) is 41.2 Å². The fraction of sp³-hybridized carbons (Fsp3) is 1.00. The third-order valence-corrected chi connectivity index (χ3v) is 2.89. The van der Waals surface area contributed by atoms with Gasteiger partial charge in [-0.2, -0.15) is 0 Å². The smallest absolute Gasteiger partial charge is 0.306 e. The molecule has 0 aliphatic rings. The van der Waals surface area contributed by atoms with Crippen molar-refractivity contribution in [3.05, 3.63) is 0 Å². The molecule has 0 aromatic heterocycles. The van der Waals surface area contributed by atoms with Gasteiger partial charge in [-0.15, -0.1) is 0 Å². The molecule has 0 amide bonds. The highest BCUT2D eigenvalue weighted by Crippen LogP contribution is 2.57. The third kappa shape index (κ3) is 9.08. The van der Waals surface area contributed by atoms with E-state index in [0.29, 0.717) is 12.5 Å². The van der Waals surface area contributed by atoms with E-state index in [9.17, 15) is 4.57 Å². The fourth-order valence-corrected chi connectivity index (χ4v) is 2.04. The molecule has 80 valence electrons. The van der Waals surface area contributed by atoms with Gasteiger partial charge in [-0.1, -0.05) is 26.7 Å². The fourth-order valence-electron chi connectivity index (χ4n) is 1.32. The highest BCUT2D eigenvalue weighted by Gasteiger charge is 2.17. The van der Waals surface area contributed by atoms with E-state index in [0.717, 1.165) is 25.7 Å². The molecule has 0 heterocycles. The van der Waals surface area contributed by atoms with Gasteiger partial charge in [0.1, 0.15) is 0 Å². The van der Waals surface area contributed by atoms with Crippen molar-refractivity contribution in [2.45, 2.75) is 39.5 Å². The van der Waals surface area contributed by atoms with Crippen LogP contribution in [0.1, 0.15) is 39.5 Å². The summed E-state index contributed by atoms with van der Waals surface area (Å²) in [4.78, 5) is 0. The first kappa shape index (κ1) is 13.8. The Morgan fingerprint density at radius 2 is 1.69 bits per heavy atom. The van der Waals surface area contributed by atoms with Crippen LogP contribution in [-0.4, -0.2) is 6.61 Å². The zero-order chi connectivity index (χ0) is 10.3. The molecule has 0 saturated heterocycles. The van der Waals surface area contributed by atoms with Crippen LogP contribution in [0.4, 0.5) is 0 Å². The van der Waals surface area contributed by atoms with Crippen LogP contribution in [-0.2, 0) is 9.09 Å². The first-order valence-corrected chi connectivity index (χ1v) is 8.07. The number of rotatable bonds is 7. The van der Waals surface area contributed by atoms with Crippen LogP contribution in [0.15, 0.2) is 0 Å². The zero-order valence-electron chi connectivity index (χ0n) is 8.13. The van der Waals surface area contributed by atoms with Crippen molar-refractivity contribution in [1.82, 2.24) is 0 Å². The van der Waals surface area contributed by atoms with Gasteiger partial charge in [0.05, 0.1) is 6.61 Å². The first-order chi connectivity index (χ1) is 5.99. The molecule has 0 atom stereocenters. The summed E-state index contributed by atoms with van der Waals surface area (Å²) < 4.78 is 15.7. The molecule has 13 heavy (non-hydrogen) atoms. The van der Waals surface area contributed by atoms with Crippen LogP contribution >= 0.6 is 28.6 Å². The summed E-state index contributed by atoms with van der Waals surface area (Å²) in [5, 5.41) is 0. The highest BCUT2D eigenvalue weighted by molar-refractivity contribution is 8.05. The van der Waals surface area contributed by atoms with Crippen LogP contribution in [0.5, 0.6) is 0 Å². The Hall–Kier alpha value is 0.770. The molecule has 0 N–H and O–H groups in total. The number of hydrogen-bond acceptors (Lipinski definition) is 2. The summed E-state index contributed by atoms with van der Waals surface area (Å²) in [5.74, 6) is 0.431. The van der Waals surface area contributed by atoms with Crippen LogP contribution in [0.25, 0.3) is 0 Å². The second-order valence-electron chi connectivity index (χ2n) is 3.15. The van der Waals surface area contributed by atoms with Crippen LogP contribution in [0.3, 0.4) is 0 Å². The summed E-state index contributed by atoms with van der Waals surface area (Å²) in [6.07, 6.45) is 1.02. The maximum absolute atomic E-state index is 10.8. The van der Waals surface area contributed by atoms with Gasteiger partial charge in [0.25, 0.3) is 0 Å². The van der Waals surface area contributed by atoms with Crippen molar-refractivity contribution >= 4 is 28.6 Å². The van der Waals surface area contributed by atoms with E-state index in [4.69, 9.17) is 27.0 Å². The molecule has 2 nitrogen and oxygen atoms in total. The summed E-state index contributed by atoms with van der Waals surface area (Å²) >= 11 is 10.6. The molecule has 5 heteroatoms. The SMILES string of the molecule is CCCC(CCC)COP(=O)(Cl)Cl. The molecule has 0 rings (SSSR count). The summed E-state index contributed by atoms with van der Waals surface area (Å²) in [5.41, 5.74) is 0. The minimum Gasteiger partial charge on any atom is -0.306 e. The molecule has 0 saturated carbocycles. The van der Waals surface area contributed by atoms with E-state index in [1.54, 1.807) is 0 Å². The van der Waals surface area contributed by atoms with Gasteiger partial charge in [-0.25, -0.2) is 0 Å². The number of halogens is 2. The first-order valence-electron chi connectivity index (χ1n) is 4.63. The summed E-state index contributed by atoms with van der Waals surface area (Å²) in [6, 6.07) is 0. The molecule has 0 aromatic carbocycles. The highest BCUT2D eigenvalue weighted by atomic mass is 35.9. The van der Waals surface area contributed by atoms with Crippen molar-refractivity contribution in [3.8, 4) is 0 Å². The van der Waals surface area contributed by atoms with E-state index in [2.05, 4.69) is 13.8 Å². The van der Waals surface area contributed by atoms with Gasteiger partial charge in [-0.3, -0.25) is 4.57 Å². The maximum atomic E-state index is 10.8. The summed E-state index contributed by atoms with van der Waals surface area (Å²) in [7, 11) is 0. The van der Waals surface area contributed by atoms with Gasteiger partial charge in [0, 0.05) is 0 Å². The second kappa shape index (κ2) is 7.11. The molecule has 0 aliphatic carbocycles. The molecule has 0 aliphatic heterocycles. The number of hydrogen-bond donors (Lipinski definition) is 0. The largest absolute Gasteiger partial charge is 0.380 e. The van der Waals surface area contributed by atoms with Crippen molar-refractivity contribution in [2.75, 3.05) is 6.61 Å². The molecule has 0 spiro atoms. The van der Waals surface area contributed by atoms with Crippen molar-refractivity contribution in [3.63, 3.8) is 0 Å². The summed E-state index contributed by atoms with van der Waals surface area (Å²) in [6.45, 7) is 4.64. The zero-order valence-corrected chi connectivity index (χ0v) is 10.5. The predicted octanol–water partition coefficient (Wildman–Crippen LogP) is 4.81. The van der Waals surface area contributed by atoms with Gasteiger partial charge < -0.3 is 4.52 Å². The molecule has 0 radical (unpaired) electrons. The van der Waals surface area contributed by atoms with E-state index >= 15 is 0 Å². The third-order valence-electron chi connectivity index (χ3n) is 1.85. The standard InChI is InChI=1S/C8H17Cl2O2P/c1-3-5-8(6-4-2)7-12-13(9,10)11/h8H,3-7H2,1-2H3. The van der Waals surface area contributed by atoms with E-state index in [-0.39, 0.29) is 0 Å². The molecular weight excluding hydrogens is 230 g/mol. The maximum Gasteiger partial charge on any atom is 0.380 e. The van der Waals surface area contributed by atoms with Crippen LogP contribution < -0.4 is 0 Å². The Balaban J connectivity index is 3.74. The van der Waals surface area contributed by atoms with Crippen LogP contribution in [0, 0.1) is 5.92 Å². The van der Waals surface area contributed by atoms with Gasteiger partial charge in [0.15, 0.2) is 0 Å². The Morgan fingerprint density at radius 1 is 1.23 bits per heavy atom. The molecular formula is C8H17Cl2O2P. The van der Waals surface area contributed by atoms with Crippen molar-refractivity contribution in [2.24, 2.45) is 5.92 Å². The monoisotopic (exact) mass is 246 g/mol. The second-order valence-corrected chi connectivity index (χ2v) is 7.43. The molecule has 0 fully saturated rings. The lowest BCUT2D eigenvalue weighted by Gasteiger charge is -2.15. The van der Waals surface area contributed by atoms with E-state index in [1.165, 1.54) is 0 Å². The Kier molecular flexibility index (Phi) is 7.53. The Morgan fingerprint density at radius 3 is 2.00 bits per heavy atom. The average Bonchev–Trinajstić information content (AvgIpc) is 2.00. The minimum absolute atomic E-state index is 0.409. The van der Waals surface area contributed by atoms with E-state index < -0.39 is 6.07 Å². The Labute approximate surface area is 90.0 Å². The molecule has 0 bridgehead atoms. The lowest BCUT2D eigenvalue weighted by Crippen LogP contribution is -2.06. The average molecular weight is 247 g/mol. The van der Waals surface area contributed by atoms with Crippen molar-refractivity contribution < 1.29 is 9.09 Å².